The smallest absolute Gasteiger partial charge is 0.372 e. The lowest BCUT2D eigenvalue weighted by atomic mass is 10.1. The van der Waals surface area contributed by atoms with E-state index >= 15 is 0 Å². The van der Waals surface area contributed by atoms with Crippen molar-refractivity contribution in [2.24, 2.45) is 5.73 Å². The van der Waals surface area contributed by atoms with E-state index in [4.69, 9.17) is 10.5 Å². The van der Waals surface area contributed by atoms with E-state index in [1.807, 2.05) is 0 Å². The number of rotatable bonds is 5. The summed E-state index contributed by atoms with van der Waals surface area (Å²) in [5.74, 6) is -0.997. The van der Waals surface area contributed by atoms with Crippen LogP contribution < -0.4 is 15.8 Å². The van der Waals surface area contributed by atoms with Crippen LogP contribution in [0.1, 0.15) is 13.8 Å². The minimum Gasteiger partial charge on any atom is -0.476 e. The lowest BCUT2D eigenvalue weighted by molar-refractivity contribution is -0.385. The Morgan fingerprint density at radius 1 is 1.56 bits per heavy atom. The molecule has 0 atom stereocenters. The normalized spacial score (nSPS) is 10.8. The Kier molecular flexibility index (Phi) is 3.64. The Balaban J connectivity index is 3.25. The summed E-state index contributed by atoms with van der Waals surface area (Å²) in [6, 6.07) is 0. The molecule has 0 aliphatic carbocycles. The fraction of sp³-hybridized carbons (Fsp3) is 0.444. The van der Waals surface area contributed by atoms with E-state index in [2.05, 4.69) is 15.3 Å². The van der Waals surface area contributed by atoms with Crippen LogP contribution in [0, 0.1) is 10.1 Å². The SMILES string of the molecule is COc1ncnc(NC(C)(C)C(N)=O)c1[N+](=O)[O-]. The van der Waals surface area contributed by atoms with Crippen molar-refractivity contribution in [2.45, 2.75) is 19.4 Å². The van der Waals surface area contributed by atoms with Crippen LogP contribution in [-0.2, 0) is 4.79 Å². The predicted octanol–water partition coefficient (Wildman–Crippen LogP) is 0.0692. The molecule has 1 aromatic heterocycles. The number of carbonyl (C=O) groups is 1. The number of primary amides is 1. The van der Waals surface area contributed by atoms with Crippen LogP contribution >= 0.6 is 0 Å². The maximum Gasteiger partial charge on any atom is 0.372 e. The molecule has 0 aromatic carbocycles. The molecular weight excluding hydrogens is 242 g/mol. The first kappa shape index (κ1) is 13.6. The lowest BCUT2D eigenvalue weighted by Gasteiger charge is -2.22. The van der Waals surface area contributed by atoms with Crippen molar-refractivity contribution in [3.05, 3.63) is 16.4 Å². The maximum absolute atomic E-state index is 11.2. The summed E-state index contributed by atoms with van der Waals surface area (Å²) in [5.41, 5.74) is 3.53. The summed E-state index contributed by atoms with van der Waals surface area (Å²) in [6.45, 7) is 2.96. The second-order valence-corrected chi connectivity index (χ2v) is 3.95. The van der Waals surface area contributed by atoms with Crippen LogP contribution in [0.25, 0.3) is 0 Å². The molecule has 1 rings (SSSR count). The van der Waals surface area contributed by atoms with E-state index < -0.39 is 22.1 Å². The molecule has 0 spiro atoms. The number of aromatic nitrogens is 2. The van der Waals surface area contributed by atoms with Gasteiger partial charge in [-0.2, -0.15) is 4.98 Å². The van der Waals surface area contributed by atoms with Crippen molar-refractivity contribution in [3.8, 4) is 5.88 Å². The summed E-state index contributed by atoms with van der Waals surface area (Å²) in [5, 5.41) is 13.5. The van der Waals surface area contributed by atoms with E-state index in [1.54, 1.807) is 0 Å². The summed E-state index contributed by atoms with van der Waals surface area (Å²) in [6.07, 6.45) is 1.09. The highest BCUT2D eigenvalue weighted by atomic mass is 16.6. The van der Waals surface area contributed by atoms with Crippen LogP contribution in [-0.4, -0.2) is 33.4 Å². The zero-order valence-electron chi connectivity index (χ0n) is 10.1. The van der Waals surface area contributed by atoms with E-state index in [1.165, 1.54) is 21.0 Å². The van der Waals surface area contributed by atoms with Crippen LogP contribution in [0.15, 0.2) is 6.33 Å². The Morgan fingerprint density at radius 2 is 2.17 bits per heavy atom. The molecule has 0 aliphatic heterocycles. The van der Waals surface area contributed by atoms with Crippen molar-refractivity contribution in [1.82, 2.24) is 9.97 Å². The maximum atomic E-state index is 11.2. The number of ether oxygens (including phenoxy) is 1. The molecule has 0 bridgehead atoms. The fourth-order valence-corrected chi connectivity index (χ4v) is 1.13. The molecule has 9 heteroatoms. The van der Waals surface area contributed by atoms with Gasteiger partial charge >= 0.3 is 5.69 Å². The topological polar surface area (TPSA) is 133 Å². The van der Waals surface area contributed by atoms with E-state index in [9.17, 15) is 14.9 Å². The number of nitrogens with zero attached hydrogens (tertiary/aromatic N) is 3. The van der Waals surface area contributed by atoms with Crippen molar-refractivity contribution < 1.29 is 14.5 Å². The number of nitrogens with one attached hydrogen (secondary N) is 1. The molecule has 0 fully saturated rings. The number of anilines is 1. The summed E-state index contributed by atoms with van der Waals surface area (Å²) < 4.78 is 4.77. The number of methoxy groups -OCH3 is 1. The molecule has 9 nitrogen and oxygen atoms in total. The third kappa shape index (κ3) is 2.62. The van der Waals surface area contributed by atoms with Crippen LogP contribution in [0.5, 0.6) is 5.88 Å². The first-order valence-electron chi connectivity index (χ1n) is 4.91. The molecule has 0 unspecified atom stereocenters. The molecule has 0 saturated heterocycles. The lowest BCUT2D eigenvalue weighted by Crippen LogP contribution is -2.45. The van der Waals surface area contributed by atoms with Gasteiger partial charge in [-0.25, -0.2) is 4.98 Å². The van der Waals surface area contributed by atoms with Crippen LogP contribution in [0.4, 0.5) is 11.5 Å². The molecule has 1 aromatic rings. The Hall–Kier alpha value is -2.45. The van der Waals surface area contributed by atoms with Gasteiger partial charge in [-0.1, -0.05) is 0 Å². The van der Waals surface area contributed by atoms with Crippen LogP contribution in [0.3, 0.4) is 0 Å². The van der Waals surface area contributed by atoms with E-state index in [-0.39, 0.29) is 11.7 Å². The van der Waals surface area contributed by atoms with Crippen LogP contribution in [0.2, 0.25) is 0 Å². The van der Waals surface area contributed by atoms with E-state index in [0.717, 1.165) is 6.33 Å². The minimum absolute atomic E-state index is 0.129. The molecule has 18 heavy (non-hydrogen) atoms. The monoisotopic (exact) mass is 255 g/mol. The Labute approximate surface area is 103 Å². The molecule has 3 N–H and O–H groups in total. The highest BCUT2D eigenvalue weighted by Gasteiger charge is 2.31. The number of carbonyl (C=O) groups excluding carboxylic acids is 1. The highest BCUT2D eigenvalue weighted by molar-refractivity contribution is 5.87. The molecule has 0 saturated carbocycles. The first-order chi connectivity index (χ1) is 8.29. The van der Waals surface area contributed by atoms with Gasteiger partial charge < -0.3 is 15.8 Å². The highest BCUT2D eigenvalue weighted by Crippen LogP contribution is 2.31. The third-order valence-electron chi connectivity index (χ3n) is 2.21. The second kappa shape index (κ2) is 4.82. The summed E-state index contributed by atoms with van der Waals surface area (Å²) in [4.78, 5) is 28.8. The standard InChI is InChI=1S/C9H13N5O4/c1-9(2,8(10)15)13-6-5(14(16)17)7(18-3)12-4-11-6/h4H,1-3H3,(H2,10,15)(H,11,12,13). The summed E-state index contributed by atoms with van der Waals surface area (Å²) in [7, 11) is 1.25. The second-order valence-electron chi connectivity index (χ2n) is 3.95. The van der Waals surface area contributed by atoms with Gasteiger partial charge in [0.05, 0.1) is 12.0 Å². The zero-order valence-corrected chi connectivity index (χ0v) is 10.1. The molecule has 0 aliphatic rings. The van der Waals surface area contributed by atoms with Gasteiger partial charge in [0.1, 0.15) is 11.9 Å². The minimum atomic E-state index is -1.19. The number of nitrogens with two attached hydrogens (primary N) is 1. The fourth-order valence-electron chi connectivity index (χ4n) is 1.13. The van der Waals surface area contributed by atoms with Gasteiger partial charge in [0.2, 0.25) is 11.7 Å². The Morgan fingerprint density at radius 3 is 2.61 bits per heavy atom. The van der Waals surface area contributed by atoms with Crippen molar-refractivity contribution in [1.29, 1.82) is 0 Å². The molecule has 1 heterocycles. The zero-order chi connectivity index (χ0) is 13.9. The predicted molar refractivity (Wildman–Crippen MR) is 62.1 cm³/mol. The number of amides is 1. The average Bonchev–Trinajstić information content (AvgIpc) is 2.27. The van der Waals surface area contributed by atoms with Crippen molar-refractivity contribution in [3.63, 3.8) is 0 Å². The molecule has 0 radical (unpaired) electrons. The number of nitro groups is 1. The van der Waals surface area contributed by atoms with E-state index in [0.29, 0.717) is 0 Å². The van der Waals surface area contributed by atoms with Gasteiger partial charge in [-0.05, 0) is 13.8 Å². The van der Waals surface area contributed by atoms with Gasteiger partial charge in [0.15, 0.2) is 0 Å². The molecular formula is C9H13N5O4. The van der Waals surface area contributed by atoms with Gasteiger partial charge in [0, 0.05) is 0 Å². The van der Waals surface area contributed by atoms with Crippen molar-refractivity contribution in [2.75, 3.05) is 12.4 Å². The summed E-state index contributed by atoms with van der Waals surface area (Å²) >= 11 is 0. The van der Waals surface area contributed by atoms with Gasteiger partial charge in [0.25, 0.3) is 5.88 Å². The number of hydrogen-bond donors (Lipinski definition) is 2. The van der Waals surface area contributed by atoms with Gasteiger partial charge in [-0.15, -0.1) is 0 Å². The number of hydrogen-bond acceptors (Lipinski definition) is 7. The quantitative estimate of drug-likeness (QED) is 0.561. The largest absolute Gasteiger partial charge is 0.476 e. The van der Waals surface area contributed by atoms with Gasteiger partial charge in [-0.3, -0.25) is 14.9 Å². The Bertz CT molecular complexity index is 488. The average molecular weight is 255 g/mol. The van der Waals surface area contributed by atoms with Crippen molar-refractivity contribution >= 4 is 17.4 Å². The molecule has 98 valence electrons. The third-order valence-corrected chi connectivity index (χ3v) is 2.21. The molecule has 1 amide bonds. The first-order valence-corrected chi connectivity index (χ1v) is 4.91.